The highest BCUT2D eigenvalue weighted by molar-refractivity contribution is 5.90. The summed E-state index contributed by atoms with van der Waals surface area (Å²) >= 11 is 0. The van der Waals surface area contributed by atoms with E-state index < -0.39 is 17.6 Å². The smallest absolute Gasteiger partial charge is 0.341 e. The van der Waals surface area contributed by atoms with E-state index in [0.717, 1.165) is 6.07 Å². The third kappa shape index (κ3) is 3.32. The van der Waals surface area contributed by atoms with Crippen LogP contribution >= 0.6 is 0 Å². The minimum Gasteiger partial charge on any atom is -0.493 e. The molecule has 0 spiro atoms. The number of methoxy groups -OCH3 is 1. The molecule has 0 amide bonds. The second-order valence-electron chi connectivity index (χ2n) is 5.21. The van der Waals surface area contributed by atoms with Gasteiger partial charge in [0, 0.05) is 5.56 Å². The Kier molecular flexibility index (Phi) is 4.79. The zero-order chi connectivity index (χ0) is 18.7. The Morgan fingerprint density at radius 2 is 1.73 bits per heavy atom. The number of rotatable bonds is 5. The summed E-state index contributed by atoms with van der Waals surface area (Å²) in [5.74, 6) is -3.03. The molecule has 0 atom stereocenters. The number of benzene rings is 2. The van der Waals surface area contributed by atoms with Crippen LogP contribution in [-0.4, -0.2) is 23.2 Å². The van der Waals surface area contributed by atoms with Crippen molar-refractivity contribution in [2.75, 3.05) is 7.11 Å². The van der Waals surface area contributed by atoms with Crippen molar-refractivity contribution in [3.05, 3.63) is 71.8 Å². The maximum Gasteiger partial charge on any atom is 0.341 e. The summed E-state index contributed by atoms with van der Waals surface area (Å²) in [6, 6.07) is 12.8. The van der Waals surface area contributed by atoms with E-state index in [9.17, 15) is 18.7 Å². The first kappa shape index (κ1) is 17.3. The first-order chi connectivity index (χ1) is 12.5. The van der Waals surface area contributed by atoms with Crippen LogP contribution in [0.5, 0.6) is 17.4 Å². The predicted molar refractivity (Wildman–Crippen MR) is 89.6 cm³/mol. The molecule has 0 unspecified atom stereocenters. The first-order valence-corrected chi connectivity index (χ1v) is 7.51. The molecule has 0 aliphatic carbocycles. The summed E-state index contributed by atoms with van der Waals surface area (Å²) in [7, 11) is 1.44. The van der Waals surface area contributed by atoms with Crippen LogP contribution in [0, 0.1) is 11.6 Å². The van der Waals surface area contributed by atoms with Gasteiger partial charge in [0.05, 0.1) is 12.8 Å². The second kappa shape index (κ2) is 7.18. The molecule has 0 radical (unpaired) electrons. The Hall–Kier alpha value is -3.48. The number of hydrogen-bond acceptors (Lipinski definition) is 4. The number of carbonyl (C=O) groups is 1. The fraction of sp³-hybridized carbons (Fsp3) is 0.0526. The second-order valence-corrected chi connectivity index (χ2v) is 5.21. The number of aromatic nitrogens is 1. The molecule has 1 heterocycles. The number of pyridine rings is 1. The van der Waals surface area contributed by atoms with Crippen LogP contribution in [0.25, 0.3) is 11.3 Å². The normalized spacial score (nSPS) is 10.4. The first-order valence-electron chi connectivity index (χ1n) is 7.51. The number of carboxylic acid groups (broad SMARTS) is 1. The molecule has 0 aliphatic rings. The van der Waals surface area contributed by atoms with Crippen molar-refractivity contribution in [1.29, 1.82) is 0 Å². The molecule has 3 rings (SSSR count). The zero-order valence-corrected chi connectivity index (χ0v) is 13.6. The molecule has 0 fully saturated rings. The van der Waals surface area contributed by atoms with Crippen LogP contribution in [0.4, 0.5) is 8.78 Å². The van der Waals surface area contributed by atoms with Crippen LogP contribution in [-0.2, 0) is 0 Å². The molecule has 7 heteroatoms. The molecule has 0 aliphatic heterocycles. The molecular formula is C19H13F2NO4. The Bertz CT molecular complexity index is 976. The van der Waals surface area contributed by atoms with Gasteiger partial charge in [-0.05, 0) is 36.4 Å². The van der Waals surface area contributed by atoms with E-state index in [1.165, 1.54) is 31.4 Å². The van der Waals surface area contributed by atoms with Gasteiger partial charge in [0.2, 0.25) is 5.88 Å². The largest absolute Gasteiger partial charge is 0.493 e. The predicted octanol–water partition coefficient (Wildman–Crippen LogP) is 4.53. The number of halogens is 2. The molecule has 5 nitrogen and oxygen atoms in total. The van der Waals surface area contributed by atoms with Crippen molar-refractivity contribution in [3.63, 3.8) is 0 Å². The van der Waals surface area contributed by atoms with Crippen molar-refractivity contribution in [1.82, 2.24) is 4.98 Å². The Labute approximate surface area is 147 Å². The Morgan fingerprint density at radius 3 is 2.42 bits per heavy atom. The van der Waals surface area contributed by atoms with Gasteiger partial charge in [-0.25, -0.2) is 18.6 Å². The fourth-order valence-corrected chi connectivity index (χ4v) is 2.34. The minimum absolute atomic E-state index is 0.0388. The molecule has 3 aromatic rings. The summed E-state index contributed by atoms with van der Waals surface area (Å²) in [6.07, 6.45) is 0. The molecule has 0 saturated carbocycles. The lowest BCUT2D eigenvalue weighted by Gasteiger charge is -2.12. The molecule has 2 aromatic carbocycles. The summed E-state index contributed by atoms with van der Waals surface area (Å²) in [6.45, 7) is 0. The number of nitrogens with zero attached hydrogens (tertiary/aromatic N) is 1. The van der Waals surface area contributed by atoms with Crippen molar-refractivity contribution in [2.24, 2.45) is 0 Å². The van der Waals surface area contributed by atoms with E-state index in [2.05, 4.69) is 4.98 Å². The number of aromatic carboxylic acids is 1. The number of carboxylic acids is 1. The summed E-state index contributed by atoms with van der Waals surface area (Å²) in [5, 5.41) is 9.35. The van der Waals surface area contributed by atoms with Crippen molar-refractivity contribution >= 4 is 5.97 Å². The van der Waals surface area contributed by atoms with Gasteiger partial charge in [-0.1, -0.05) is 18.2 Å². The highest BCUT2D eigenvalue weighted by Gasteiger charge is 2.19. The van der Waals surface area contributed by atoms with Crippen LogP contribution in [0.2, 0.25) is 0 Å². The van der Waals surface area contributed by atoms with E-state index >= 15 is 0 Å². The Balaban J connectivity index is 2.10. The number of hydrogen-bond donors (Lipinski definition) is 1. The lowest BCUT2D eigenvalue weighted by Crippen LogP contribution is -2.04. The van der Waals surface area contributed by atoms with Crippen LogP contribution in [0.1, 0.15) is 10.4 Å². The van der Waals surface area contributed by atoms with Gasteiger partial charge < -0.3 is 14.6 Å². The van der Waals surface area contributed by atoms with Gasteiger partial charge in [-0.15, -0.1) is 0 Å². The molecule has 0 bridgehead atoms. The maximum absolute atomic E-state index is 14.0. The zero-order valence-electron chi connectivity index (χ0n) is 13.6. The maximum atomic E-state index is 14.0. The average Bonchev–Trinajstić information content (AvgIpc) is 2.64. The molecule has 0 saturated heterocycles. The van der Waals surface area contributed by atoms with Gasteiger partial charge >= 0.3 is 5.97 Å². The molecule has 1 N–H and O–H groups in total. The quantitative estimate of drug-likeness (QED) is 0.727. The highest BCUT2D eigenvalue weighted by atomic mass is 19.2. The van der Waals surface area contributed by atoms with E-state index in [4.69, 9.17) is 9.47 Å². The van der Waals surface area contributed by atoms with Gasteiger partial charge in [0.15, 0.2) is 23.1 Å². The number of ether oxygens (including phenoxy) is 2. The van der Waals surface area contributed by atoms with Crippen molar-refractivity contribution in [3.8, 4) is 28.6 Å². The highest BCUT2D eigenvalue weighted by Crippen LogP contribution is 2.33. The standard InChI is InChI=1S/C19H13F2NO4/c1-25-15-7-2-3-8-16(15)26-18-12(19(23)24)9-10-14(22-18)11-5-4-6-13(20)17(11)21/h2-10H,1H3,(H,23,24). The van der Waals surface area contributed by atoms with E-state index in [0.29, 0.717) is 5.75 Å². The summed E-state index contributed by atoms with van der Waals surface area (Å²) < 4.78 is 38.3. The molecule has 26 heavy (non-hydrogen) atoms. The third-order valence-corrected chi connectivity index (χ3v) is 3.59. The SMILES string of the molecule is COc1ccccc1Oc1nc(-c2cccc(F)c2F)ccc1C(=O)O. The summed E-state index contributed by atoms with van der Waals surface area (Å²) in [4.78, 5) is 15.5. The summed E-state index contributed by atoms with van der Waals surface area (Å²) in [5.41, 5.74) is -0.291. The minimum atomic E-state index is -1.27. The van der Waals surface area contributed by atoms with Gasteiger partial charge in [-0.3, -0.25) is 0 Å². The van der Waals surface area contributed by atoms with Crippen molar-refractivity contribution < 1.29 is 28.2 Å². The lowest BCUT2D eigenvalue weighted by atomic mass is 10.1. The van der Waals surface area contributed by atoms with E-state index in [1.807, 2.05) is 0 Å². The fourth-order valence-electron chi connectivity index (χ4n) is 2.34. The van der Waals surface area contributed by atoms with Crippen LogP contribution in [0.3, 0.4) is 0 Å². The third-order valence-electron chi connectivity index (χ3n) is 3.59. The molecular weight excluding hydrogens is 344 g/mol. The molecule has 1 aromatic heterocycles. The van der Waals surface area contributed by atoms with Crippen molar-refractivity contribution in [2.45, 2.75) is 0 Å². The van der Waals surface area contributed by atoms with Gasteiger partial charge in [-0.2, -0.15) is 0 Å². The number of para-hydroxylation sites is 2. The monoisotopic (exact) mass is 357 g/mol. The lowest BCUT2D eigenvalue weighted by molar-refractivity contribution is 0.0693. The van der Waals surface area contributed by atoms with Crippen LogP contribution in [0.15, 0.2) is 54.6 Å². The average molecular weight is 357 g/mol. The van der Waals surface area contributed by atoms with E-state index in [-0.39, 0.29) is 28.5 Å². The van der Waals surface area contributed by atoms with E-state index in [1.54, 1.807) is 24.3 Å². The topological polar surface area (TPSA) is 68.7 Å². The van der Waals surface area contributed by atoms with Crippen LogP contribution < -0.4 is 9.47 Å². The van der Waals surface area contributed by atoms with Gasteiger partial charge in [0.25, 0.3) is 0 Å². The Morgan fingerprint density at radius 1 is 1.00 bits per heavy atom. The molecule has 132 valence electrons. The van der Waals surface area contributed by atoms with Gasteiger partial charge in [0.1, 0.15) is 5.56 Å².